The molecule has 0 saturated heterocycles. The molecule has 6 heteroatoms. The highest BCUT2D eigenvalue weighted by Crippen LogP contribution is 2.11. The second-order valence-corrected chi connectivity index (χ2v) is 5.20. The predicted octanol–water partition coefficient (Wildman–Crippen LogP) is 3.19. The number of benzene rings is 2. The van der Waals surface area contributed by atoms with Gasteiger partial charge in [-0.05, 0) is 42.0 Å². The van der Waals surface area contributed by atoms with Gasteiger partial charge in [-0.3, -0.25) is 9.48 Å². The minimum absolute atomic E-state index is 0.287. The zero-order chi connectivity index (χ0) is 16.9. The average Bonchev–Trinajstić information content (AvgIpc) is 3.02. The molecule has 5 nitrogen and oxygen atoms in total. The molecule has 3 rings (SSSR count). The number of nitrogens with zero attached hydrogens (tertiary/aromatic N) is 3. The van der Waals surface area contributed by atoms with E-state index in [-0.39, 0.29) is 11.7 Å². The Hall–Kier alpha value is -3.46. The molecule has 1 N–H and O–H groups in total. The highest BCUT2D eigenvalue weighted by molar-refractivity contribution is 6.04. The van der Waals surface area contributed by atoms with Crippen molar-refractivity contribution in [3.05, 3.63) is 83.4 Å². The molecular weight excluding hydrogens is 307 g/mol. The zero-order valence-corrected chi connectivity index (χ0v) is 12.6. The van der Waals surface area contributed by atoms with Crippen molar-refractivity contribution in [1.82, 2.24) is 9.78 Å². The first-order chi connectivity index (χ1) is 11.6. The van der Waals surface area contributed by atoms with Gasteiger partial charge in [0.1, 0.15) is 5.82 Å². The Balaban J connectivity index is 1.67. The van der Waals surface area contributed by atoms with E-state index in [1.807, 2.05) is 6.07 Å². The van der Waals surface area contributed by atoms with Crippen LogP contribution in [0, 0.1) is 17.1 Å². The lowest BCUT2D eigenvalue weighted by molar-refractivity contribution is 0.102. The van der Waals surface area contributed by atoms with E-state index in [0.29, 0.717) is 23.4 Å². The number of carbonyl (C=O) groups is 1. The van der Waals surface area contributed by atoms with E-state index in [1.165, 1.54) is 18.3 Å². The van der Waals surface area contributed by atoms with E-state index in [4.69, 9.17) is 5.26 Å². The summed E-state index contributed by atoms with van der Waals surface area (Å²) < 4.78 is 14.8. The molecule has 0 bridgehead atoms. The van der Waals surface area contributed by atoms with Crippen LogP contribution in [0.3, 0.4) is 0 Å². The zero-order valence-electron chi connectivity index (χ0n) is 12.6. The van der Waals surface area contributed by atoms with E-state index in [2.05, 4.69) is 10.4 Å². The number of halogens is 1. The van der Waals surface area contributed by atoms with E-state index in [9.17, 15) is 9.18 Å². The van der Waals surface area contributed by atoms with Crippen LogP contribution in [0.4, 0.5) is 10.1 Å². The molecule has 118 valence electrons. The number of rotatable bonds is 4. The summed E-state index contributed by atoms with van der Waals surface area (Å²) in [7, 11) is 0. The fourth-order valence-corrected chi connectivity index (χ4v) is 2.24. The minimum atomic E-state index is -0.297. The fraction of sp³-hybridized carbons (Fsp3) is 0.0556. The van der Waals surface area contributed by atoms with Crippen molar-refractivity contribution in [1.29, 1.82) is 5.26 Å². The third kappa shape index (κ3) is 3.65. The van der Waals surface area contributed by atoms with Gasteiger partial charge in [0.2, 0.25) is 0 Å². The molecule has 0 saturated carbocycles. The maximum Gasteiger partial charge on any atom is 0.255 e. The third-order valence-corrected chi connectivity index (χ3v) is 3.40. The molecule has 24 heavy (non-hydrogen) atoms. The van der Waals surface area contributed by atoms with Gasteiger partial charge in [-0.25, -0.2) is 4.39 Å². The second-order valence-electron chi connectivity index (χ2n) is 5.20. The Kier molecular flexibility index (Phi) is 4.34. The molecule has 0 aliphatic rings. The van der Waals surface area contributed by atoms with E-state index in [1.54, 1.807) is 47.3 Å². The molecule has 3 aromatic rings. The molecule has 0 unspecified atom stereocenters. The molecule has 0 atom stereocenters. The Morgan fingerprint density at radius 3 is 2.75 bits per heavy atom. The smallest absolute Gasteiger partial charge is 0.255 e. The monoisotopic (exact) mass is 320 g/mol. The average molecular weight is 320 g/mol. The molecule has 0 aliphatic carbocycles. The van der Waals surface area contributed by atoms with Crippen molar-refractivity contribution in [2.45, 2.75) is 6.54 Å². The topological polar surface area (TPSA) is 70.7 Å². The summed E-state index contributed by atoms with van der Waals surface area (Å²) in [5, 5.41) is 15.6. The summed E-state index contributed by atoms with van der Waals surface area (Å²) in [6.45, 7) is 0.407. The van der Waals surface area contributed by atoms with E-state index >= 15 is 0 Å². The lowest BCUT2D eigenvalue weighted by Gasteiger charge is -2.03. The number of hydrogen-bond donors (Lipinski definition) is 1. The van der Waals surface area contributed by atoms with Gasteiger partial charge in [0.25, 0.3) is 5.91 Å². The van der Waals surface area contributed by atoms with Crippen LogP contribution in [0.1, 0.15) is 21.5 Å². The van der Waals surface area contributed by atoms with Crippen LogP contribution in [0.5, 0.6) is 0 Å². The van der Waals surface area contributed by atoms with Crippen molar-refractivity contribution < 1.29 is 9.18 Å². The van der Waals surface area contributed by atoms with Crippen LogP contribution in [0.2, 0.25) is 0 Å². The molecule has 2 aromatic carbocycles. The molecule has 1 heterocycles. The van der Waals surface area contributed by atoms with Crippen molar-refractivity contribution in [2.75, 3.05) is 5.32 Å². The number of anilines is 1. The molecular formula is C18H13FN4O. The lowest BCUT2D eigenvalue weighted by atomic mass is 10.1. The molecule has 0 radical (unpaired) electrons. The van der Waals surface area contributed by atoms with Gasteiger partial charge in [-0.2, -0.15) is 10.4 Å². The van der Waals surface area contributed by atoms with Gasteiger partial charge >= 0.3 is 0 Å². The second kappa shape index (κ2) is 6.75. The van der Waals surface area contributed by atoms with Crippen LogP contribution in [0.25, 0.3) is 0 Å². The van der Waals surface area contributed by atoms with Crippen LogP contribution < -0.4 is 5.32 Å². The molecule has 0 aliphatic heterocycles. The number of carbonyl (C=O) groups excluding carboxylic acids is 1. The van der Waals surface area contributed by atoms with Crippen molar-refractivity contribution in [3.63, 3.8) is 0 Å². The van der Waals surface area contributed by atoms with Gasteiger partial charge in [-0.1, -0.05) is 12.1 Å². The predicted molar refractivity (Wildman–Crippen MR) is 86.8 cm³/mol. The van der Waals surface area contributed by atoms with Gasteiger partial charge in [-0.15, -0.1) is 0 Å². The highest BCUT2D eigenvalue weighted by atomic mass is 19.1. The Morgan fingerprint density at radius 2 is 2.04 bits per heavy atom. The lowest BCUT2D eigenvalue weighted by Crippen LogP contribution is -2.11. The van der Waals surface area contributed by atoms with Crippen LogP contribution in [0.15, 0.2) is 60.9 Å². The van der Waals surface area contributed by atoms with Gasteiger partial charge in [0.05, 0.1) is 30.1 Å². The standard InChI is InChI=1S/C18H13FN4O/c19-16-3-1-2-14(8-16)11-23-12-17(10-21-23)22-18(24)15-6-4-13(9-20)5-7-15/h1-8,10,12H,11H2,(H,22,24). The quantitative estimate of drug-likeness (QED) is 0.802. The fourth-order valence-electron chi connectivity index (χ4n) is 2.24. The number of nitrogens with one attached hydrogen (secondary N) is 1. The van der Waals surface area contributed by atoms with Gasteiger partial charge < -0.3 is 5.32 Å². The van der Waals surface area contributed by atoms with Crippen LogP contribution in [-0.2, 0) is 6.54 Å². The maximum atomic E-state index is 13.2. The van der Waals surface area contributed by atoms with Gasteiger partial charge in [0, 0.05) is 11.8 Å². The summed E-state index contributed by atoms with van der Waals surface area (Å²) in [6, 6.07) is 14.6. The third-order valence-electron chi connectivity index (χ3n) is 3.40. The Bertz CT molecular complexity index is 909. The Labute approximate surface area is 138 Å². The molecule has 1 amide bonds. The Morgan fingerprint density at radius 1 is 1.25 bits per heavy atom. The van der Waals surface area contributed by atoms with Crippen LogP contribution in [-0.4, -0.2) is 15.7 Å². The first-order valence-electron chi connectivity index (χ1n) is 7.22. The van der Waals surface area contributed by atoms with Crippen molar-refractivity contribution in [3.8, 4) is 6.07 Å². The van der Waals surface area contributed by atoms with Crippen LogP contribution >= 0.6 is 0 Å². The molecule has 0 fully saturated rings. The highest BCUT2D eigenvalue weighted by Gasteiger charge is 2.08. The van der Waals surface area contributed by atoms with Gasteiger partial charge in [0.15, 0.2) is 0 Å². The summed E-state index contributed by atoms with van der Waals surface area (Å²) in [5.41, 5.74) is 2.27. The number of aromatic nitrogens is 2. The largest absolute Gasteiger partial charge is 0.319 e. The number of amides is 1. The summed E-state index contributed by atoms with van der Waals surface area (Å²) in [6.07, 6.45) is 3.20. The minimum Gasteiger partial charge on any atom is -0.319 e. The summed E-state index contributed by atoms with van der Waals surface area (Å²) >= 11 is 0. The molecule has 1 aromatic heterocycles. The van der Waals surface area contributed by atoms with Crippen molar-refractivity contribution in [2.24, 2.45) is 0 Å². The number of hydrogen-bond acceptors (Lipinski definition) is 3. The molecule has 0 spiro atoms. The van der Waals surface area contributed by atoms with E-state index < -0.39 is 0 Å². The summed E-state index contributed by atoms with van der Waals surface area (Å²) in [5.74, 6) is -0.584. The van der Waals surface area contributed by atoms with E-state index in [0.717, 1.165) is 5.56 Å². The SMILES string of the molecule is N#Cc1ccc(C(=O)Nc2cnn(Cc3cccc(F)c3)c2)cc1. The normalized spacial score (nSPS) is 10.2. The first-order valence-corrected chi connectivity index (χ1v) is 7.22. The number of nitriles is 1. The van der Waals surface area contributed by atoms with Crippen molar-refractivity contribution >= 4 is 11.6 Å². The summed E-state index contributed by atoms with van der Waals surface area (Å²) in [4.78, 5) is 12.1. The maximum absolute atomic E-state index is 13.2. The first kappa shape index (κ1) is 15.4.